The number of nitrogens with one attached hydrogen (secondary N) is 1. The number of carbonyl (C=O) groups excluding carboxylic acids is 1. The molecule has 1 aromatic carbocycles. The number of hydrogen-bond acceptors (Lipinski definition) is 4. The second kappa shape index (κ2) is 6.58. The van der Waals surface area contributed by atoms with Gasteiger partial charge in [-0.25, -0.2) is 0 Å². The third-order valence-electron chi connectivity index (χ3n) is 3.60. The number of aromatic nitrogens is 3. The van der Waals surface area contributed by atoms with Gasteiger partial charge in [-0.2, -0.15) is 0 Å². The van der Waals surface area contributed by atoms with E-state index >= 15 is 0 Å². The highest BCUT2D eigenvalue weighted by Crippen LogP contribution is 2.13. The maximum Gasteiger partial charge on any atom is 0.251 e. The Morgan fingerprint density at radius 1 is 1.22 bits per heavy atom. The van der Waals surface area contributed by atoms with Crippen LogP contribution in [0, 0.1) is 0 Å². The molecule has 23 heavy (non-hydrogen) atoms. The molecule has 0 fully saturated rings. The van der Waals surface area contributed by atoms with Crippen molar-refractivity contribution in [3.63, 3.8) is 0 Å². The van der Waals surface area contributed by atoms with Crippen molar-refractivity contribution in [2.75, 3.05) is 7.11 Å². The summed E-state index contributed by atoms with van der Waals surface area (Å²) in [5.74, 6) is 0.555. The number of amides is 1. The Balaban J connectivity index is 1.74. The van der Waals surface area contributed by atoms with Crippen molar-refractivity contribution in [2.24, 2.45) is 0 Å². The molecule has 0 unspecified atom stereocenters. The molecule has 6 heteroatoms. The minimum absolute atomic E-state index is 0.144. The molecule has 0 aliphatic heterocycles. The van der Waals surface area contributed by atoms with E-state index in [1.54, 1.807) is 19.2 Å². The lowest BCUT2D eigenvalue weighted by Gasteiger charge is -2.12. The van der Waals surface area contributed by atoms with Crippen molar-refractivity contribution < 1.29 is 9.53 Å². The van der Waals surface area contributed by atoms with Crippen molar-refractivity contribution in [3.05, 3.63) is 65.6 Å². The van der Waals surface area contributed by atoms with Crippen LogP contribution in [0.2, 0.25) is 0 Å². The van der Waals surface area contributed by atoms with Gasteiger partial charge in [0.15, 0.2) is 11.5 Å². The number of rotatable bonds is 5. The third-order valence-corrected chi connectivity index (χ3v) is 3.60. The molecule has 0 aliphatic carbocycles. The van der Waals surface area contributed by atoms with Crippen LogP contribution < -0.4 is 5.32 Å². The maximum absolute atomic E-state index is 12.4. The zero-order valence-corrected chi connectivity index (χ0v) is 13.1. The topological polar surface area (TPSA) is 68.5 Å². The first-order chi connectivity index (χ1) is 11.2. The fourth-order valence-corrected chi connectivity index (χ4v) is 2.42. The van der Waals surface area contributed by atoms with E-state index in [0.29, 0.717) is 18.0 Å². The molecule has 0 spiro atoms. The minimum atomic E-state index is -0.251. The number of ether oxygens (including phenoxy) is 1. The minimum Gasteiger partial charge on any atom is -0.380 e. The highest BCUT2D eigenvalue weighted by Gasteiger charge is 2.16. The van der Waals surface area contributed by atoms with Gasteiger partial charge in [-0.1, -0.05) is 18.2 Å². The first kappa shape index (κ1) is 15.2. The number of fused-ring (bicyclic) bond motifs is 1. The van der Waals surface area contributed by atoms with Crippen LogP contribution in [0.25, 0.3) is 5.65 Å². The average Bonchev–Trinajstić information content (AvgIpc) is 3.00. The number of benzene rings is 1. The summed E-state index contributed by atoms with van der Waals surface area (Å²) >= 11 is 0. The number of hydrogen-bond donors (Lipinski definition) is 1. The lowest BCUT2D eigenvalue weighted by atomic mass is 10.1. The summed E-state index contributed by atoms with van der Waals surface area (Å²) in [5.41, 5.74) is 2.39. The highest BCUT2D eigenvalue weighted by atomic mass is 16.5. The molecular weight excluding hydrogens is 292 g/mol. The Morgan fingerprint density at radius 2 is 2.00 bits per heavy atom. The second-order valence-electron chi connectivity index (χ2n) is 5.31. The first-order valence-electron chi connectivity index (χ1n) is 7.37. The Bertz CT molecular complexity index is 811. The Morgan fingerprint density at radius 3 is 2.74 bits per heavy atom. The van der Waals surface area contributed by atoms with Crippen LogP contribution in [-0.4, -0.2) is 27.6 Å². The van der Waals surface area contributed by atoms with Crippen molar-refractivity contribution in [3.8, 4) is 0 Å². The molecule has 6 nitrogen and oxygen atoms in total. The van der Waals surface area contributed by atoms with E-state index < -0.39 is 0 Å². The quantitative estimate of drug-likeness (QED) is 0.785. The molecule has 0 aliphatic rings. The number of carbonyl (C=O) groups is 1. The molecule has 0 radical (unpaired) electrons. The zero-order valence-electron chi connectivity index (χ0n) is 13.1. The van der Waals surface area contributed by atoms with Gasteiger partial charge in [0.2, 0.25) is 0 Å². The lowest BCUT2D eigenvalue weighted by molar-refractivity contribution is 0.0938. The van der Waals surface area contributed by atoms with Crippen LogP contribution in [0.4, 0.5) is 0 Å². The van der Waals surface area contributed by atoms with Gasteiger partial charge in [-0.3, -0.25) is 9.20 Å². The van der Waals surface area contributed by atoms with Gasteiger partial charge < -0.3 is 10.1 Å². The third kappa shape index (κ3) is 3.22. The first-order valence-corrected chi connectivity index (χ1v) is 7.37. The molecule has 1 amide bonds. The molecule has 3 rings (SSSR count). The Kier molecular flexibility index (Phi) is 4.34. The van der Waals surface area contributed by atoms with Crippen LogP contribution in [0.5, 0.6) is 0 Å². The summed E-state index contributed by atoms with van der Waals surface area (Å²) in [6, 6.07) is 12.8. The fraction of sp³-hybridized carbons (Fsp3) is 0.235. The Hall–Kier alpha value is -2.73. The second-order valence-corrected chi connectivity index (χ2v) is 5.31. The smallest absolute Gasteiger partial charge is 0.251 e. The molecular formula is C17H18N4O2. The highest BCUT2D eigenvalue weighted by molar-refractivity contribution is 5.94. The lowest BCUT2D eigenvalue weighted by Crippen LogP contribution is -2.28. The predicted molar refractivity (Wildman–Crippen MR) is 86.0 cm³/mol. The van der Waals surface area contributed by atoms with E-state index in [1.165, 1.54) is 0 Å². The monoisotopic (exact) mass is 310 g/mol. The van der Waals surface area contributed by atoms with Crippen LogP contribution in [0.1, 0.15) is 34.7 Å². The molecule has 0 saturated carbocycles. The largest absolute Gasteiger partial charge is 0.380 e. The van der Waals surface area contributed by atoms with Crippen LogP contribution in [-0.2, 0) is 11.3 Å². The van der Waals surface area contributed by atoms with Gasteiger partial charge in [-0.15, -0.1) is 10.2 Å². The van der Waals surface area contributed by atoms with E-state index in [2.05, 4.69) is 15.5 Å². The van der Waals surface area contributed by atoms with Crippen molar-refractivity contribution >= 4 is 11.6 Å². The van der Waals surface area contributed by atoms with Gasteiger partial charge in [0.25, 0.3) is 5.91 Å². The maximum atomic E-state index is 12.4. The summed E-state index contributed by atoms with van der Waals surface area (Å²) in [6.45, 7) is 2.42. The summed E-state index contributed by atoms with van der Waals surface area (Å²) in [6.07, 6.45) is 1.88. The Labute approximate surface area is 134 Å². The molecule has 2 heterocycles. The van der Waals surface area contributed by atoms with Crippen LogP contribution in [0.3, 0.4) is 0 Å². The standard InChI is InChI=1S/C17H18N4O2/c1-12(16-20-19-15-5-3-4-10-21(15)16)18-17(22)14-8-6-13(7-9-14)11-23-2/h3-10,12H,11H2,1-2H3,(H,18,22)/t12-/m1/s1. The van der Waals surface area contributed by atoms with Crippen molar-refractivity contribution in [1.29, 1.82) is 0 Å². The molecule has 0 bridgehead atoms. The molecule has 0 saturated heterocycles. The van der Waals surface area contributed by atoms with Crippen molar-refractivity contribution in [2.45, 2.75) is 19.6 Å². The molecule has 3 aromatic rings. The van der Waals surface area contributed by atoms with Crippen molar-refractivity contribution in [1.82, 2.24) is 19.9 Å². The molecule has 1 N–H and O–H groups in total. The molecule has 2 aromatic heterocycles. The van der Waals surface area contributed by atoms with Crippen LogP contribution in [0.15, 0.2) is 48.7 Å². The normalized spacial score (nSPS) is 12.3. The van der Waals surface area contributed by atoms with Gasteiger partial charge in [-0.05, 0) is 36.8 Å². The molecule has 118 valence electrons. The molecule has 1 atom stereocenters. The number of methoxy groups -OCH3 is 1. The van der Waals surface area contributed by atoms with E-state index in [1.807, 2.05) is 47.9 Å². The predicted octanol–water partition coefficient (Wildman–Crippen LogP) is 2.37. The average molecular weight is 310 g/mol. The van der Waals surface area contributed by atoms with E-state index in [0.717, 1.165) is 11.2 Å². The van der Waals surface area contributed by atoms with Crippen LogP contribution >= 0.6 is 0 Å². The van der Waals surface area contributed by atoms with Gasteiger partial charge in [0.05, 0.1) is 12.6 Å². The van der Waals surface area contributed by atoms with Gasteiger partial charge in [0.1, 0.15) is 0 Å². The van der Waals surface area contributed by atoms with E-state index in [-0.39, 0.29) is 11.9 Å². The summed E-state index contributed by atoms with van der Waals surface area (Å²) in [7, 11) is 1.64. The summed E-state index contributed by atoms with van der Waals surface area (Å²) < 4.78 is 6.93. The van der Waals surface area contributed by atoms with E-state index in [9.17, 15) is 4.79 Å². The van der Waals surface area contributed by atoms with Gasteiger partial charge in [0, 0.05) is 18.9 Å². The fourth-order valence-electron chi connectivity index (χ4n) is 2.42. The summed E-state index contributed by atoms with van der Waals surface area (Å²) in [5, 5.41) is 11.2. The zero-order chi connectivity index (χ0) is 16.2. The summed E-state index contributed by atoms with van der Waals surface area (Å²) in [4.78, 5) is 12.4. The SMILES string of the molecule is COCc1ccc(C(=O)N[C@H](C)c2nnc3ccccn23)cc1. The van der Waals surface area contributed by atoms with E-state index in [4.69, 9.17) is 4.74 Å². The number of nitrogens with zero attached hydrogens (tertiary/aromatic N) is 3. The van der Waals surface area contributed by atoms with Gasteiger partial charge >= 0.3 is 0 Å². The number of pyridine rings is 1.